The van der Waals surface area contributed by atoms with E-state index in [-0.39, 0.29) is 21.2 Å². The number of nitrogens with one attached hydrogen (secondary N) is 1. The second-order valence-electron chi connectivity index (χ2n) is 5.20. The van der Waals surface area contributed by atoms with E-state index in [0.717, 1.165) is 18.2 Å². The van der Waals surface area contributed by atoms with Crippen molar-refractivity contribution in [3.05, 3.63) is 58.9 Å². The topological polar surface area (TPSA) is 116 Å². The Hall–Kier alpha value is -2.49. The molecule has 0 heterocycles. The van der Waals surface area contributed by atoms with Crippen molar-refractivity contribution in [1.82, 2.24) is 0 Å². The summed E-state index contributed by atoms with van der Waals surface area (Å²) >= 11 is 5.87. The molecule has 2 aromatic carbocycles. The number of hydrogen-bond donors (Lipinski definition) is 2. The Bertz CT molecular complexity index is 965. The Morgan fingerprint density at radius 3 is 2.50 bits per heavy atom. The summed E-state index contributed by atoms with van der Waals surface area (Å²) in [5, 5.41) is 7.20. The maximum atomic E-state index is 13.5. The van der Waals surface area contributed by atoms with Crippen molar-refractivity contribution in [1.29, 1.82) is 0 Å². The summed E-state index contributed by atoms with van der Waals surface area (Å²) in [5.74, 6) is -2.46. The van der Waals surface area contributed by atoms with E-state index in [9.17, 15) is 22.4 Å². The van der Waals surface area contributed by atoms with Gasteiger partial charge in [-0.25, -0.2) is 22.7 Å². The molecular weight excluding hydrogens is 387 g/mol. The fourth-order valence-corrected chi connectivity index (χ4v) is 2.65. The molecule has 1 amide bonds. The molecule has 2 rings (SSSR count). The van der Waals surface area contributed by atoms with Crippen LogP contribution < -0.4 is 10.5 Å². The molecule has 0 aliphatic heterocycles. The first kappa shape index (κ1) is 19.8. The lowest BCUT2D eigenvalue weighted by Crippen LogP contribution is -2.30. The van der Waals surface area contributed by atoms with E-state index in [1.165, 1.54) is 31.2 Å². The van der Waals surface area contributed by atoms with Gasteiger partial charge in [-0.15, -0.1) is 0 Å². The molecule has 0 aromatic heterocycles. The lowest BCUT2D eigenvalue weighted by molar-refractivity contribution is -0.123. The Morgan fingerprint density at radius 2 is 1.88 bits per heavy atom. The second-order valence-corrected chi connectivity index (χ2v) is 7.17. The zero-order valence-electron chi connectivity index (χ0n) is 13.4. The number of rotatable bonds is 5. The van der Waals surface area contributed by atoms with Crippen LogP contribution >= 0.6 is 11.6 Å². The van der Waals surface area contributed by atoms with Gasteiger partial charge in [-0.2, -0.15) is 0 Å². The van der Waals surface area contributed by atoms with Crippen LogP contribution in [-0.2, 0) is 19.6 Å². The molecule has 10 heteroatoms. The Morgan fingerprint density at radius 1 is 1.23 bits per heavy atom. The smallest absolute Gasteiger partial charge is 0.340 e. The fourth-order valence-electron chi connectivity index (χ4n) is 1.91. The largest absolute Gasteiger partial charge is 0.449 e. The number of benzene rings is 2. The van der Waals surface area contributed by atoms with Gasteiger partial charge in [0.25, 0.3) is 5.91 Å². The number of carbonyl (C=O) groups is 2. The first-order valence-electron chi connectivity index (χ1n) is 7.18. The number of esters is 1. The number of primary sulfonamides is 1. The van der Waals surface area contributed by atoms with Crippen LogP contribution in [0.25, 0.3) is 0 Å². The van der Waals surface area contributed by atoms with Crippen molar-refractivity contribution in [3.8, 4) is 0 Å². The van der Waals surface area contributed by atoms with E-state index in [2.05, 4.69) is 5.32 Å². The SMILES string of the molecule is C[C@H](OC(=O)c1cc(S(N)(=O)=O)ccc1Cl)C(=O)Nc1ccccc1F. The molecule has 2 aromatic rings. The van der Waals surface area contributed by atoms with E-state index >= 15 is 0 Å². The quantitative estimate of drug-likeness (QED) is 0.747. The number of anilines is 1. The summed E-state index contributed by atoms with van der Waals surface area (Å²) < 4.78 is 41.2. The van der Waals surface area contributed by atoms with E-state index in [1.54, 1.807) is 0 Å². The highest BCUT2D eigenvalue weighted by Gasteiger charge is 2.23. The summed E-state index contributed by atoms with van der Waals surface area (Å²) in [6.45, 7) is 1.27. The molecule has 0 saturated carbocycles. The standard InChI is InChI=1S/C16H14ClFN2O5S/c1-9(15(21)20-14-5-3-2-4-13(14)18)25-16(22)11-8-10(26(19,23)24)6-7-12(11)17/h2-9H,1H3,(H,20,21)(H2,19,23,24)/t9-/m0/s1. The van der Waals surface area contributed by atoms with Crippen molar-refractivity contribution in [2.45, 2.75) is 17.9 Å². The molecule has 7 nitrogen and oxygen atoms in total. The number of amides is 1. The van der Waals surface area contributed by atoms with Crippen LogP contribution in [0.2, 0.25) is 5.02 Å². The van der Waals surface area contributed by atoms with Crippen molar-refractivity contribution in [2.75, 3.05) is 5.32 Å². The van der Waals surface area contributed by atoms with E-state index in [0.29, 0.717) is 0 Å². The van der Waals surface area contributed by atoms with Gasteiger partial charge >= 0.3 is 5.97 Å². The monoisotopic (exact) mass is 400 g/mol. The molecule has 0 fully saturated rings. The number of hydrogen-bond acceptors (Lipinski definition) is 5. The minimum Gasteiger partial charge on any atom is -0.449 e. The number of ether oxygens (including phenoxy) is 1. The molecule has 0 bridgehead atoms. The Kier molecular flexibility index (Phi) is 5.96. The number of para-hydroxylation sites is 1. The van der Waals surface area contributed by atoms with Crippen molar-refractivity contribution in [3.63, 3.8) is 0 Å². The third-order valence-corrected chi connectivity index (χ3v) is 4.51. The average molecular weight is 401 g/mol. The first-order chi connectivity index (χ1) is 12.1. The average Bonchev–Trinajstić information content (AvgIpc) is 2.56. The molecule has 138 valence electrons. The molecule has 0 unspecified atom stereocenters. The second kappa shape index (κ2) is 7.81. The molecule has 3 N–H and O–H groups in total. The highest BCUT2D eigenvalue weighted by molar-refractivity contribution is 7.89. The van der Waals surface area contributed by atoms with Crippen LogP contribution in [0.5, 0.6) is 0 Å². The first-order valence-corrected chi connectivity index (χ1v) is 9.10. The van der Waals surface area contributed by atoms with Gasteiger partial charge < -0.3 is 10.1 Å². The van der Waals surface area contributed by atoms with E-state index < -0.39 is 33.8 Å². The molecule has 26 heavy (non-hydrogen) atoms. The third-order valence-electron chi connectivity index (χ3n) is 3.27. The number of sulfonamides is 1. The van der Waals surface area contributed by atoms with Gasteiger partial charge in [0, 0.05) is 0 Å². The van der Waals surface area contributed by atoms with E-state index in [1.807, 2.05) is 0 Å². The summed E-state index contributed by atoms with van der Waals surface area (Å²) in [7, 11) is -4.05. The molecule has 1 atom stereocenters. The minimum atomic E-state index is -4.05. The molecule has 0 aliphatic rings. The van der Waals surface area contributed by atoms with Gasteiger partial charge in [0.1, 0.15) is 5.82 Å². The molecule has 0 aliphatic carbocycles. The zero-order chi connectivity index (χ0) is 19.5. The zero-order valence-corrected chi connectivity index (χ0v) is 15.0. The highest BCUT2D eigenvalue weighted by Crippen LogP contribution is 2.21. The summed E-state index contributed by atoms with van der Waals surface area (Å²) in [6.07, 6.45) is -1.30. The predicted octanol–water partition coefficient (Wildman–Crippen LogP) is 2.31. The lowest BCUT2D eigenvalue weighted by atomic mass is 10.2. The third kappa shape index (κ3) is 4.78. The van der Waals surface area contributed by atoms with Crippen LogP contribution in [0.3, 0.4) is 0 Å². The number of carbonyl (C=O) groups excluding carboxylic acids is 2. The summed E-state index contributed by atoms with van der Waals surface area (Å²) in [4.78, 5) is 23.9. The minimum absolute atomic E-state index is 0.0744. The predicted molar refractivity (Wildman–Crippen MR) is 92.7 cm³/mol. The van der Waals surface area contributed by atoms with Crippen molar-refractivity contribution >= 4 is 39.2 Å². The molecule has 0 saturated heterocycles. The number of nitrogens with two attached hydrogens (primary N) is 1. The highest BCUT2D eigenvalue weighted by atomic mass is 35.5. The van der Waals surface area contributed by atoms with Crippen LogP contribution in [0, 0.1) is 5.82 Å². The van der Waals surface area contributed by atoms with Crippen LogP contribution in [0.1, 0.15) is 17.3 Å². The fraction of sp³-hybridized carbons (Fsp3) is 0.125. The van der Waals surface area contributed by atoms with Gasteiger partial charge in [0.2, 0.25) is 10.0 Å². The number of halogens is 2. The maximum Gasteiger partial charge on any atom is 0.340 e. The Balaban J connectivity index is 2.14. The summed E-state index contributed by atoms with van der Waals surface area (Å²) in [6, 6.07) is 8.72. The summed E-state index contributed by atoms with van der Waals surface area (Å²) in [5.41, 5.74) is -0.349. The molecular formula is C16H14ClFN2O5S. The Labute approximate surface area is 154 Å². The van der Waals surface area contributed by atoms with Gasteiger partial charge in [-0.3, -0.25) is 4.79 Å². The van der Waals surface area contributed by atoms with Gasteiger partial charge in [-0.1, -0.05) is 23.7 Å². The molecule has 0 spiro atoms. The van der Waals surface area contributed by atoms with Crippen LogP contribution in [0.15, 0.2) is 47.4 Å². The lowest BCUT2D eigenvalue weighted by Gasteiger charge is -2.14. The van der Waals surface area contributed by atoms with Gasteiger partial charge in [-0.05, 0) is 37.3 Å². The van der Waals surface area contributed by atoms with Crippen LogP contribution in [0.4, 0.5) is 10.1 Å². The van der Waals surface area contributed by atoms with E-state index in [4.69, 9.17) is 21.5 Å². The normalized spacial score (nSPS) is 12.3. The van der Waals surface area contributed by atoms with Gasteiger partial charge in [0.15, 0.2) is 6.10 Å². The van der Waals surface area contributed by atoms with Crippen LogP contribution in [-0.4, -0.2) is 26.4 Å². The molecule has 0 radical (unpaired) electrons. The van der Waals surface area contributed by atoms with Gasteiger partial charge in [0.05, 0.1) is 21.2 Å². The van der Waals surface area contributed by atoms with Crippen molar-refractivity contribution < 1.29 is 27.1 Å². The maximum absolute atomic E-state index is 13.5. The van der Waals surface area contributed by atoms with Crippen molar-refractivity contribution in [2.24, 2.45) is 5.14 Å².